The van der Waals surface area contributed by atoms with E-state index < -0.39 is 0 Å². The Hall–Kier alpha value is -2.05. The molecule has 0 saturated carbocycles. The number of thiazole rings is 1. The van der Waals surface area contributed by atoms with Gasteiger partial charge in [-0.05, 0) is 30.5 Å². The van der Waals surface area contributed by atoms with E-state index in [4.69, 9.17) is 4.74 Å². The zero-order valence-electron chi connectivity index (χ0n) is 15.1. The Bertz CT molecular complexity index is 968. The zero-order valence-corrected chi connectivity index (χ0v) is 16.8. The van der Waals surface area contributed by atoms with Crippen molar-refractivity contribution in [2.75, 3.05) is 37.6 Å². The smallest absolute Gasteiger partial charge is 0.101 e. The monoisotopic (exact) mass is 399 g/mol. The second kappa shape index (κ2) is 8.31. The fourth-order valence-corrected chi connectivity index (χ4v) is 4.94. The van der Waals surface area contributed by atoms with Gasteiger partial charge in [0.05, 0.1) is 41.2 Å². The predicted molar refractivity (Wildman–Crippen MR) is 110 cm³/mol. The minimum absolute atomic E-state index is 0.680. The van der Waals surface area contributed by atoms with Crippen LogP contribution in [0.4, 0.5) is 5.69 Å². The van der Waals surface area contributed by atoms with Crippen molar-refractivity contribution >= 4 is 39.9 Å². The summed E-state index contributed by atoms with van der Waals surface area (Å²) in [5.74, 6) is 0. The minimum atomic E-state index is 0.680. The molecule has 6 nitrogen and oxygen atoms in total. The minimum Gasteiger partial charge on any atom is -0.379 e. The lowest BCUT2D eigenvalue weighted by Crippen LogP contribution is -2.37. The molecule has 0 atom stereocenters. The SMILES string of the molecule is Cc1ccc(NSc2cnc(CCN3CCOCC3)s2)c2[nH]cc(C#N)c12. The molecule has 0 aliphatic carbocycles. The molecule has 1 aliphatic heterocycles. The van der Waals surface area contributed by atoms with Crippen LogP contribution in [-0.2, 0) is 11.2 Å². The van der Waals surface area contributed by atoms with Crippen molar-refractivity contribution in [2.24, 2.45) is 0 Å². The molecule has 4 rings (SSSR count). The van der Waals surface area contributed by atoms with Gasteiger partial charge in [-0.2, -0.15) is 5.26 Å². The number of aryl methyl sites for hydroxylation is 1. The van der Waals surface area contributed by atoms with Crippen molar-refractivity contribution in [1.82, 2.24) is 14.9 Å². The maximum atomic E-state index is 9.28. The number of benzene rings is 1. The van der Waals surface area contributed by atoms with Crippen molar-refractivity contribution in [1.29, 1.82) is 5.26 Å². The van der Waals surface area contributed by atoms with Crippen LogP contribution < -0.4 is 4.72 Å². The Kier molecular flexibility index (Phi) is 5.64. The molecule has 0 radical (unpaired) electrons. The quantitative estimate of drug-likeness (QED) is 0.614. The highest BCUT2D eigenvalue weighted by Gasteiger charge is 2.13. The molecule has 0 bridgehead atoms. The van der Waals surface area contributed by atoms with Gasteiger partial charge in [-0.1, -0.05) is 6.07 Å². The summed E-state index contributed by atoms with van der Waals surface area (Å²) in [4.78, 5) is 10.2. The van der Waals surface area contributed by atoms with Crippen molar-refractivity contribution in [3.63, 3.8) is 0 Å². The maximum absolute atomic E-state index is 9.28. The van der Waals surface area contributed by atoms with Crippen LogP contribution in [0.1, 0.15) is 16.1 Å². The number of hydrogen-bond acceptors (Lipinski definition) is 7. The summed E-state index contributed by atoms with van der Waals surface area (Å²) < 4.78 is 9.93. The number of anilines is 1. The second-order valence-electron chi connectivity index (χ2n) is 6.48. The topological polar surface area (TPSA) is 77.0 Å². The van der Waals surface area contributed by atoms with E-state index in [1.54, 1.807) is 29.5 Å². The largest absolute Gasteiger partial charge is 0.379 e. The summed E-state index contributed by atoms with van der Waals surface area (Å²) in [6, 6.07) is 6.34. The highest BCUT2D eigenvalue weighted by molar-refractivity contribution is 8.02. The van der Waals surface area contributed by atoms with Gasteiger partial charge in [-0.15, -0.1) is 11.3 Å². The zero-order chi connectivity index (χ0) is 18.6. The predicted octanol–water partition coefficient (Wildman–Crippen LogP) is 3.80. The second-order valence-corrected chi connectivity index (χ2v) is 8.70. The molecule has 27 heavy (non-hydrogen) atoms. The van der Waals surface area contributed by atoms with Crippen molar-refractivity contribution in [3.05, 3.63) is 40.7 Å². The number of fused-ring (bicyclic) bond motifs is 1. The molecule has 3 heterocycles. The van der Waals surface area contributed by atoms with E-state index in [1.165, 1.54) is 0 Å². The van der Waals surface area contributed by atoms with E-state index in [-0.39, 0.29) is 0 Å². The van der Waals surface area contributed by atoms with Crippen LogP contribution in [0.25, 0.3) is 10.9 Å². The molecule has 140 valence electrons. The summed E-state index contributed by atoms with van der Waals surface area (Å²) in [6.45, 7) is 6.75. The lowest BCUT2D eigenvalue weighted by Gasteiger charge is -2.25. The van der Waals surface area contributed by atoms with Crippen LogP contribution in [-0.4, -0.2) is 47.7 Å². The molecule has 1 fully saturated rings. The molecule has 2 aromatic heterocycles. The third-order valence-corrected chi connectivity index (χ3v) is 6.68. The molecule has 1 aliphatic rings. The van der Waals surface area contributed by atoms with Gasteiger partial charge in [0.15, 0.2) is 0 Å². The van der Waals surface area contributed by atoms with Gasteiger partial charge in [-0.25, -0.2) is 4.98 Å². The van der Waals surface area contributed by atoms with Gasteiger partial charge in [0.1, 0.15) is 10.3 Å². The molecule has 2 N–H and O–H groups in total. The van der Waals surface area contributed by atoms with Gasteiger partial charge < -0.3 is 14.4 Å². The van der Waals surface area contributed by atoms with Crippen LogP contribution in [0, 0.1) is 18.3 Å². The van der Waals surface area contributed by atoms with Crippen LogP contribution in [0.3, 0.4) is 0 Å². The third kappa shape index (κ3) is 4.12. The van der Waals surface area contributed by atoms with Crippen molar-refractivity contribution in [3.8, 4) is 6.07 Å². The first-order valence-electron chi connectivity index (χ1n) is 8.93. The first-order valence-corrected chi connectivity index (χ1v) is 10.6. The summed E-state index contributed by atoms with van der Waals surface area (Å²) in [6.07, 6.45) is 4.67. The van der Waals surface area contributed by atoms with E-state index in [0.29, 0.717) is 5.56 Å². The van der Waals surface area contributed by atoms with E-state index in [9.17, 15) is 5.26 Å². The summed E-state index contributed by atoms with van der Waals surface area (Å²) in [7, 11) is 0. The number of aromatic nitrogens is 2. The van der Waals surface area contributed by atoms with Crippen LogP contribution in [0.5, 0.6) is 0 Å². The number of aromatic amines is 1. The Morgan fingerprint density at radius 2 is 2.26 bits per heavy atom. The molecular weight excluding hydrogens is 378 g/mol. The molecule has 8 heteroatoms. The van der Waals surface area contributed by atoms with Crippen LogP contribution >= 0.6 is 23.3 Å². The average molecular weight is 400 g/mol. The average Bonchev–Trinajstić information content (AvgIpc) is 3.34. The molecule has 1 aromatic carbocycles. The Morgan fingerprint density at radius 1 is 1.41 bits per heavy atom. The first-order chi connectivity index (χ1) is 13.2. The van der Waals surface area contributed by atoms with Crippen molar-refractivity contribution in [2.45, 2.75) is 17.6 Å². The lowest BCUT2D eigenvalue weighted by molar-refractivity contribution is 0.0384. The molecule has 3 aromatic rings. The van der Waals surface area contributed by atoms with Crippen LogP contribution in [0.2, 0.25) is 0 Å². The molecule has 0 amide bonds. The maximum Gasteiger partial charge on any atom is 0.101 e. The van der Waals surface area contributed by atoms with E-state index >= 15 is 0 Å². The number of nitrogens with one attached hydrogen (secondary N) is 2. The van der Waals surface area contributed by atoms with Gasteiger partial charge in [0.2, 0.25) is 0 Å². The standard InChI is InChI=1S/C19H21N5OS2/c1-13-2-3-15(19-18(13)14(10-20)11-22-19)23-27-17-12-21-16(26-17)4-5-24-6-8-25-9-7-24/h2-3,11-12,22-23H,4-9H2,1H3. The first kappa shape index (κ1) is 18.3. The number of H-pyrrole nitrogens is 1. The van der Waals surface area contributed by atoms with Crippen molar-refractivity contribution < 1.29 is 4.74 Å². The van der Waals surface area contributed by atoms with Gasteiger partial charge in [-0.3, -0.25) is 4.90 Å². The highest BCUT2D eigenvalue weighted by Crippen LogP contribution is 2.33. The fraction of sp³-hybridized carbons (Fsp3) is 0.368. The number of rotatable bonds is 6. The number of morpholine rings is 1. The summed E-state index contributed by atoms with van der Waals surface area (Å²) in [5.41, 5.74) is 3.72. The van der Waals surface area contributed by atoms with Gasteiger partial charge in [0, 0.05) is 37.6 Å². The molecule has 0 spiro atoms. The van der Waals surface area contributed by atoms with E-state index in [0.717, 1.165) is 70.6 Å². The molecular formula is C19H21N5OS2. The van der Waals surface area contributed by atoms with Gasteiger partial charge in [0.25, 0.3) is 0 Å². The Labute approximate surface area is 166 Å². The van der Waals surface area contributed by atoms with E-state index in [1.807, 2.05) is 25.3 Å². The molecule has 1 saturated heterocycles. The normalized spacial score (nSPS) is 15.1. The summed E-state index contributed by atoms with van der Waals surface area (Å²) >= 11 is 3.29. The Morgan fingerprint density at radius 3 is 3.07 bits per heavy atom. The highest BCUT2D eigenvalue weighted by atomic mass is 32.2. The van der Waals surface area contributed by atoms with Gasteiger partial charge >= 0.3 is 0 Å². The lowest BCUT2D eigenvalue weighted by atomic mass is 10.1. The Balaban J connectivity index is 1.39. The fourth-order valence-electron chi connectivity index (χ4n) is 3.23. The third-order valence-electron chi connectivity index (χ3n) is 4.70. The number of nitriles is 1. The molecule has 0 unspecified atom stereocenters. The van der Waals surface area contributed by atoms with E-state index in [2.05, 4.69) is 25.7 Å². The summed E-state index contributed by atoms with van der Waals surface area (Å²) in [5, 5.41) is 11.4. The number of hydrogen-bond donors (Lipinski definition) is 2. The number of ether oxygens (including phenoxy) is 1. The number of nitrogens with zero attached hydrogens (tertiary/aromatic N) is 3. The van der Waals surface area contributed by atoms with Crippen LogP contribution in [0.15, 0.2) is 28.7 Å².